The van der Waals surface area contributed by atoms with E-state index in [1.165, 1.54) is 12.5 Å². The van der Waals surface area contributed by atoms with Gasteiger partial charge in [-0.1, -0.05) is 18.2 Å². The smallest absolute Gasteiger partial charge is 0.226 e. The number of rotatable bonds is 7. The van der Waals surface area contributed by atoms with Crippen molar-refractivity contribution in [3.05, 3.63) is 66.4 Å². The van der Waals surface area contributed by atoms with Crippen LogP contribution in [-0.2, 0) is 11.2 Å². The van der Waals surface area contributed by atoms with Crippen LogP contribution in [0.3, 0.4) is 0 Å². The van der Waals surface area contributed by atoms with E-state index >= 15 is 0 Å². The van der Waals surface area contributed by atoms with Gasteiger partial charge in [-0.25, -0.2) is 4.98 Å². The van der Waals surface area contributed by atoms with Crippen LogP contribution in [0.2, 0.25) is 0 Å². The first-order valence-electron chi connectivity index (χ1n) is 8.12. The van der Waals surface area contributed by atoms with Crippen LogP contribution in [0.1, 0.15) is 30.9 Å². The van der Waals surface area contributed by atoms with Crippen LogP contribution in [0, 0.1) is 0 Å². The van der Waals surface area contributed by atoms with E-state index in [0.717, 1.165) is 5.56 Å². The highest BCUT2D eigenvalue weighted by atomic mass is 16.4. The van der Waals surface area contributed by atoms with Crippen LogP contribution in [0.15, 0.2) is 63.8 Å². The Balaban J connectivity index is 1.51. The number of carbonyl (C=O) groups excluding carboxylic acids is 1. The molecule has 0 spiro atoms. The van der Waals surface area contributed by atoms with E-state index in [-0.39, 0.29) is 18.4 Å². The normalized spacial score (nSPS) is 13.4. The Morgan fingerprint density at radius 3 is 2.72 bits per heavy atom. The summed E-state index contributed by atoms with van der Waals surface area (Å²) in [5.41, 5.74) is 1.43. The molecule has 1 aromatic carbocycles. The zero-order valence-corrected chi connectivity index (χ0v) is 13.9. The molecule has 2 atom stereocenters. The number of aromatic nitrogens is 1. The second-order valence-electron chi connectivity index (χ2n) is 5.92. The summed E-state index contributed by atoms with van der Waals surface area (Å²) in [7, 11) is 0. The van der Waals surface area contributed by atoms with E-state index in [1.54, 1.807) is 12.1 Å². The Bertz CT molecular complexity index is 796. The number of hydrogen-bond acceptors (Lipinski definition) is 5. The van der Waals surface area contributed by atoms with Crippen molar-refractivity contribution in [2.75, 3.05) is 0 Å². The molecule has 0 bridgehead atoms. The Hall–Kier alpha value is -2.86. The third-order valence-electron chi connectivity index (χ3n) is 3.77. The number of nitrogens with zero attached hydrogens (tertiary/aromatic N) is 1. The predicted molar refractivity (Wildman–Crippen MR) is 91.5 cm³/mol. The molecule has 1 amide bonds. The van der Waals surface area contributed by atoms with E-state index in [2.05, 4.69) is 10.3 Å². The summed E-state index contributed by atoms with van der Waals surface area (Å²) >= 11 is 0. The summed E-state index contributed by atoms with van der Waals surface area (Å²) in [6.45, 7) is 1.84. The van der Waals surface area contributed by atoms with Crippen molar-refractivity contribution in [1.29, 1.82) is 0 Å². The first-order valence-corrected chi connectivity index (χ1v) is 8.12. The lowest BCUT2D eigenvalue weighted by Gasteiger charge is -2.16. The van der Waals surface area contributed by atoms with Crippen LogP contribution in [0.4, 0.5) is 0 Å². The molecule has 0 fully saturated rings. The van der Waals surface area contributed by atoms with Gasteiger partial charge in [-0.2, -0.15) is 0 Å². The van der Waals surface area contributed by atoms with Crippen molar-refractivity contribution in [3.63, 3.8) is 0 Å². The van der Waals surface area contributed by atoms with Crippen molar-refractivity contribution in [2.45, 2.75) is 31.9 Å². The van der Waals surface area contributed by atoms with Gasteiger partial charge in [0.1, 0.15) is 18.1 Å². The maximum atomic E-state index is 12.1. The fourth-order valence-electron chi connectivity index (χ4n) is 2.58. The second-order valence-corrected chi connectivity index (χ2v) is 5.92. The zero-order valence-electron chi connectivity index (χ0n) is 13.9. The zero-order chi connectivity index (χ0) is 17.6. The number of nitrogens with one attached hydrogen (secondary N) is 1. The van der Waals surface area contributed by atoms with Crippen LogP contribution in [0.25, 0.3) is 11.5 Å². The summed E-state index contributed by atoms with van der Waals surface area (Å²) in [5.74, 6) is 0.807. The Labute approximate surface area is 145 Å². The number of benzene rings is 1. The molecule has 0 saturated carbocycles. The van der Waals surface area contributed by atoms with Gasteiger partial charge in [-0.15, -0.1) is 0 Å². The average Bonchev–Trinajstić information content (AvgIpc) is 3.27. The molecule has 0 saturated heterocycles. The summed E-state index contributed by atoms with van der Waals surface area (Å²) in [4.78, 5) is 16.5. The first kappa shape index (κ1) is 17.0. The number of furan rings is 1. The van der Waals surface area contributed by atoms with Crippen molar-refractivity contribution >= 4 is 5.91 Å². The summed E-state index contributed by atoms with van der Waals surface area (Å²) in [5, 5.41) is 12.9. The van der Waals surface area contributed by atoms with Gasteiger partial charge in [0.25, 0.3) is 0 Å². The molecule has 0 aliphatic carbocycles. The monoisotopic (exact) mass is 340 g/mol. The minimum absolute atomic E-state index is 0.123. The van der Waals surface area contributed by atoms with Crippen molar-refractivity contribution < 1.29 is 18.7 Å². The predicted octanol–water partition coefficient (Wildman–Crippen LogP) is 3.11. The Kier molecular flexibility index (Phi) is 5.30. The Morgan fingerprint density at radius 2 is 2.00 bits per heavy atom. The lowest BCUT2D eigenvalue weighted by Crippen LogP contribution is -2.34. The van der Waals surface area contributed by atoms with Gasteiger partial charge >= 0.3 is 0 Å². The number of oxazole rings is 1. The topological polar surface area (TPSA) is 88.5 Å². The average molecular weight is 340 g/mol. The molecule has 6 heteroatoms. The largest absolute Gasteiger partial charge is 0.467 e. The molecule has 130 valence electrons. The molecule has 25 heavy (non-hydrogen) atoms. The number of aliphatic hydroxyl groups is 1. The van der Waals surface area contributed by atoms with Crippen LogP contribution >= 0.6 is 0 Å². The summed E-state index contributed by atoms with van der Waals surface area (Å²) < 4.78 is 10.6. The maximum Gasteiger partial charge on any atom is 0.226 e. The van der Waals surface area contributed by atoms with Gasteiger partial charge in [-0.3, -0.25) is 4.79 Å². The molecule has 0 aliphatic rings. The van der Waals surface area contributed by atoms with Gasteiger partial charge in [0.15, 0.2) is 0 Å². The quantitative estimate of drug-likeness (QED) is 0.690. The third-order valence-corrected chi connectivity index (χ3v) is 3.77. The second kappa shape index (κ2) is 7.81. The molecular formula is C19H20N2O4. The lowest BCUT2D eigenvalue weighted by atomic mass is 10.1. The minimum atomic E-state index is -0.748. The molecular weight excluding hydrogens is 320 g/mol. The molecule has 3 rings (SSSR count). The molecule has 2 unspecified atom stereocenters. The molecule has 2 N–H and O–H groups in total. The highest BCUT2D eigenvalue weighted by Crippen LogP contribution is 2.19. The minimum Gasteiger partial charge on any atom is -0.467 e. The highest BCUT2D eigenvalue weighted by Gasteiger charge is 2.17. The van der Waals surface area contributed by atoms with Gasteiger partial charge in [0.2, 0.25) is 11.8 Å². The van der Waals surface area contributed by atoms with E-state index in [9.17, 15) is 9.90 Å². The van der Waals surface area contributed by atoms with Gasteiger partial charge < -0.3 is 19.3 Å². The molecule has 0 aliphatic heterocycles. The van der Waals surface area contributed by atoms with Crippen LogP contribution < -0.4 is 5.32 Å². The third kappa shape index (κ3) is 4.58. The van der Waals surface area contributed by atoms with E-state index < -0.39 is 6.10 Å². The van der Waals surface area contributed by atoms with E-state index in [4.69, 9.17) is 8.83 Å². The summed E-state index contributed by atoms with van der Waals surface area (Å²) in [6.07, 6.45) is 2.74. The summed E-state index contributed by atoms with van der Waals surface area (Å²) in [6, 6.07) is 12.7. The SMILES string of the molecule is CC(CC(O)c1ccco1)NC(=O)Cc1coc(-c2ccccc2)n1. The first-order chi connectivity index (χ1) is 12.1. The Morgan fingerprint density at radius 1 is 1.20 bits per heavy atom. The van der Waals surface area contributed by atoms with Gasteiger partial charge in [-0.05, 0) is 31.2 Å². The molecule has 3 aromatic rings. The lowest BCUT2D eigenvalue weighted by molar-refractivity contribution is -0.121. The number of aliphatic hydroxyl groups excluding tert-OH is 1. The van der Waals surface area contributed by atoms with Gasteiger partial charge in [0.05, 0.1) is 18.4 Å². The molecule has 2 aromatic heterocycles. The fourth-order valence-corrected chi connectivity index (χ4v) is 2.58. The number of hydrogen-bond donors (Lipinski definition) is 2. The van der Waals surface area contributed by atoms with Crippen molar-refractivity contribution in [3.8, 4) is 11.5 Å². The maximum absolute atomic E-state index is 12.1. The fraction of sp³-hybridized carbons (Fsp3) is 0.263. The van der Waals surface area contributed by atoms with E-state index in [1.807, 2.05) is 37.3 Å². The number of amides is 1. The number of carbonyl (C=O) groups is 1. The standard InChI is InChI=1S/C19H20N2O4/c1-13(10-16(22)17-8-5-9-24-17)20-18(23)11-15-12-25-19(21-15)14-6-3-2-4-7-14/h2-9,12-13,16,22H,10-11H2,1H3,(H,20,23). The van der Waals surface area contributed by atoms with Crippen LogP contribution in [-0.4, -0.2) is 22.0 Å². The molecule has 6 nitrogen and oxygen atoms in total. The molecule has 0 radical (unpaired) electrons. The molecule has 2 heterocycles. The van der Waals surface area contributed by atoms with Crippen molar-refractivity contribution in [1.82, 2.24) is 10.3 Å². The van der Waals surface area contributed by atoms with Crippen molar-refractivity contribution in [2.24, 2.45) is 0 Å². The van der Waals surface area contributed by atoms with Gasteiger partial charge in [0, 0.05) is 18.0 Å². The van der Waals surface area contributed by atoms with Crippen LogP contribution in [0.5, 0.6) is 0 Å². The highest BCUT2D eigenvalue weighted by molar-refractivity contribution is 5.78. The van der Waals surface area contributed by atoms with E-state index in [0.29, 0.717) is 23.8 Å².